The first-order chi connectivity index (χ1) is 13.2. The van der Waals surface area contributed by atoms with Crippen molar-refractivity contribution < 1.29 is 22.7 Å². The van der Waals surface area contributed by atoms with E-state index in [0.717, 1.165) is 11.8 Å². The lowest BCUT2D eigenvalue weighted by atomic mass is 10.3. The van der Waals surface area contributed by atoms with E-state index in [1.54, 1.807) is 18.2 Å². The fraction of sp³-hybridized carbons (Fsp3) is 0.176. The number of carbonyl (C=O) groups is 2. The molecule has 2 aromatic carbocycles. The summed E-state index contributed by atoms with van der Waals surface area (Å²) in [7, 11) is -2.71. The molecule has 2 rings (SSSR count). The van der Waals surface area contributed by atoms with Crippen molar-refractivity contribution in [2.45, 2.75) is 4.90 Å². The number of rotatable bonds is 9. The molecule has 150 valence electrons. The summed E-state index contributed by atoms with van der Waals surface area (Å²) in [4.78, 5) is 22.5. The minimum Gasteiger partial charge on any atom is -0.495 e. The van der Waals surface area contributed by atoms with Crippen LogP contribution in [0.4, 0.5) is 11.4 Å². The summed E-state index contributed by atoms with van der Waals surface area (Å²) in [6.07, 6.45) is 0. The molecule has 2 amide bonds. The zero-order valence-electron chi connectivity index (χ0n) is 14.8. The van der Waals surface area contributed by atoms with Crippen LogP contribution in [0.3, 0.4) is 0 Å². The summed E-state index contributed by atoms with van der Waals surface area (Å²) in [5, 5.41) is 2.81. The van der Waals surface area contributed by atoms with Crippen LogP contribution in [-0.2, 0) is 19.6 Å². The van der Waals surface area contributed by atoms with E-state index in [9.17, 15) is 18.0 Å². The molecule has 0 bridgehead atoms. The monoisotopic (exact) mass is 443 g/mol. The molecular weight excluding hydrogens is 426 g/mol. The number of ether oxygens (including phenoxy) is 1. The average molecular weight is 444 g/mol. The van der Waals surface area contributed by atoms with Crippen LogP contribution in [-0.4, -0.2) is 38.8 Å². The van der Waals surface area contributed by atoms with E-state index in [-0.39, 0.29) is 38.5 Å². The summed E-state index contributed by atoms with van der Waals surface area (Å²) in [6.45, 7) is 0. The minimum atomic E-state index is -4.04. The topological polar surface area (TPSA) is 128 Å². The summed E-state index contributed by atoms with van der Waals surface area (Å²) in [5.41, 5.74) is 5.48. The van der Waals surface area contributed by atoms with Crippen LogP contribution in [0.15, 0.2) is 47.4 Å². The molecule has 4 N–H and O–H groups in total. The molecule has 0 aliphatic rings. The minimum absolute atomic E-state index is 0.00503. The summed E-state index contributed by atoms with van der Waals surface area (Å²) < 4.78 is 33.1. The maximum absolute atomic E-state index is 12.8. The van der Waals surface area contributed by atoms with E-state index >= 15 is 0 Å². The van der Waals surface area contributed by atoms with E-state index in [1.165, 1.54) is 31.4 Å². The molecular formula is C17H18ClN3O5S2. The Bertz CT molecular complexity index is 983. The summed E-state index contributed by atoms with van der Waals surface area (Å²) in [6, 6.07) is 10.6. The van der Waals surface area contributed by atoms with Crippen LogP contribution in [0, 0.1) is 0 Å². The highest BCUT2D eigenvalue weighted by atomic mass is 35.5. The van der Waals surface area contributed by atoms with Gasteiger partial charge in [-0.2, -0.15) is 0 Å². The number of hydrogen-bond donors (Lipinski definition) is 3. The van der Waals surface area contributed by atoms with Gasteiger partial charge in [0.15, 0.2) is 0 Å². The molecule has 0 atom stereocenters. The van der Waals surface area contributed by atoms with Crippen LogP contribution in [0.2, 0.25) is 5.02 Å². The fourth-order valence-corrected chi connectivity index (χ4v) is 4.23. The Labute approximate surface area is 171 Å². The molecule has 0 heterocycles. The molecule has 0 fully saturated rings. The number of carbonyl (C=O) groups excluding carboxylic acids is 2. The molecule has 0 radical (unpaired) electrons. The molecule has 0 aliphatic carbocycles. The standard InChI is InChI=1S/C17H18ClN3O5S2/c1-26-14-7-6-11(20-17(23)10-27-9-16(19)22)8-15(14)28(24,25)21-13-5-3-2-4-12(13)18/h2-8,21H,9-10H2,1H3,(H2,19,22)(H,20,23). The number of anilines is 2. The lowest BCUT2D eigenvalue weighted by molar-refractivity contribution is -0.115. The number of sulfonamides is 1. The van der Waals surface area contributed by atoms with Crippen molar-refractivity contribution in [1.29, 1.82) is 0 Å². The van der Waals surface area contributed by atoms with Gasteiger partial charge in [0.05, 0.1) is 29.3 Å². The molecule has 0 saturated heterocycles. The van der Waals surface area contributed by atoms with Gasteiger partial charge in [-0.1, -0.05) is 23.7 Å². The lowest BCUT2D eigenvalue weighted by Crippen LogP contribution is -2.19. The second-order valence-electron chi connectivity index (χ2n) is 5.46. The fourth-order valence-electron chi connectivity index (χ4n) is 2.15. The molecule has 0 aromatic heterocycles. The van der Waals surface area contributed by atoms with Gasteiger partial charge >= 0.3 is 0 Å². The van der Waals surface area contributed by atoms with Crippen molar-refractivity contribution >= 4 is 56.6 Å². The predicted molar refractivity (Wildman–Crippen MR) is 110 cm³/mol. The van der Waals surface area contributed by atoms with Crippen molar-refractivity contribution in [3.05, 3.63) is 47.5 Å². The van der Waals surface area contributed by atoms with Gasteiger partial charge in [0.2, 0.25) is 11.8 Å². The molecule has 0 unspecified atom stereocenters. The largest absolute Gasteiger partial charge is 0.495 e. The van der Waals surface area contributed by atoms with E-state index in [0.29, 0.717) is 0 Å². The second-order valence-corrected chi connectivity index (χ2v) is 8.50. The van der Waals surface area contributed by atoms with Crippen molar-refractivity contribution in [1.82, 2.24) is 0 Å². The maximum atomic E-state index is 12.8. The quantitative estimate of drug-likeness (QED) is 0.545. The zero-order chi connectivity index (χ0) is 20.7. The van der Waals surface area contributed by atoms with Crippen molar-refractivity contribution in [3.8, 4) is 5.75 Å². The molecule has 2 aromatic rings. The Morgan fingerprint density at radius 2 is 1.89 bits per heavy atom. The smallest absolute Gasteiger partial charge is 0.265 e. The zero-order valence-corrected chi connectivity index (χ0v) is 17.2. The Balaban J connectivity index is 2.23. The van der Waals surface area contributed by atoms with Gasteiger partial charge in [-0.3, -0.25) is 14.3 Å². The summed E-state index contributed by atoms with van der Waals surface area (Å²) >= 11 is 7.06. The van der Waals surface area contributed by atoms with Crippen LogP contribution in [0.25, 0.3) is 0 Å². The Hall–Kier alpha value is -2.43. The van der Waals surface area contributed by atoms with Crippen molar-refractivity contribution in [2.24, 2.45) is 5.73 Å². The maximum Gasteiger partial charge on any atom is 0.265 e. The number of nitrogens with two attached hydrogens (primary N) is 1. The third-order valence-electron chi connectivity index (χ3n) is 3.33. The van der Waals surface area contributed by atoms with E-state index in [1.807, 2.05) is 0 Å². The number of thioether (sulfide) groups is 1. The SMILES string of the molecule is COc1ccc(NC(=O)CSCC(N)=O)cc1S(=O)(=O)Nc1ccccc1Cl. The first kappa shape index (κ1) is 21.9. The first-order valence-corrected chi connectivity index (χ1v) is 10.9. The Morgan fingerprint density at radius 3 is 2.54 bits per heavy atom. The number of methoxy groups -OCH3 is 1. The van der Waals surface area contributed by atoms with E-state index in [2.05, 4.69) is 10.0 Å². The van der Waals surface area contributed by atoms with Crippen LogP contribution >= 0.6 is 23.4 Å². The van der Waals surface area contributed by atoms with Gasteiger partial charge in [-0.25, -0.2) is 8.42 Å². The van der Waals surface area contributed by atoms with Crippen molar-refractivity contribution in [3.63, 3.8) is 0 Å². The number of amides is 2. The third-order valence-corrected chi connectivity index (χ3v) is 6.00. The number of primary amides is 1. The third kappa shape index (κ3) is 6.04. The number of benzene rings is 2. The normalized spacial score (nSPS) is 10.9. The highest BCUT2D eigenvalue weighted by Gasteiger charge is 2.21. The van der Waals surface area contributed by atoms with Gasteiger partial charge in [0.25, 0.3) is 10.0 Å². The number of para-hydroxylation sites is 1. The predicted octanol–water partition coefficient (Wildman–Crippen LogP) is 2.31. The molecule has 0 aliphatic heterocycles. The average Bonchev–Trinajstić information content (AvgIpc) is 2.63. The van der Waals surface area contributed by atoms with Gasteiger partial charge in [0, 0.05) is 5.69 Å². The molecule has 0 spiro atoms. The van der Waals surface area contributed by atoms with Gasteiger partial charge in [-0.05, 0) is 30.3 Å². The van der Waals surface area contributed by atoms with E-state index < -0.39 is 21.8 Å². The molecule has 0 saturated carbocycles. The van der Waals surface area contributed by atoms with Crippen LogP contribution < -0.4 is 20.5 Å². The van der Waals surface area contributed by atoms with Crippen LogP contribution in [0.5, 0.6) is 5.75 Å². The number of nitrogens with one attached hydrogen (secondary N) is 2. The van der Waals surface area contributed by atoms with Gasteiger partial charge in [-0.15, -0.1) is 11.8 Å². The van der Waals surface area contributed by atoms with Crippen LogP contribution in [0.1, 0.15) is 0 Å². The Kier molecular flexibility index (Phi) is 7.55. The highest BCUT2D eigenvalue weighted by Crippen LogP contribution is 2.30. The van der Waals surface area contributed by atoms with E-state index in [4.69, 9.17) is 22.1 Å². The molecule has 11 heteroatoms. The van der Waals surface area contributed by atoms with Crippen molar-refractivity contribution in [2.75, 3.05) is 28.7 Å². The van der Waals surface area contributed by atoms with Gasteiger partial charge in [0.1, 0.15) is 10.6 Å². The molecule has 28 heavy (non-hydrogen) atoms. The number of hydrogen-bond acceptors (Lipinski definition) is 6. The lowest BCUT2D eigenvalue weighted by Gasteiger charge is -2.14. The first-order valence-electron chi connectivity index (χ1n) is 7.84. The molecule has 8 nitrogen and oxygen atoms in total. The highest BCUT2D eigenvalue weighted by molar-refractivity contribution is 8.00. The second kappa shape index (κ2) is 9.67. The summed E-state index contributed by atoms with van der Waals surface area (Å²) in [5.74, 6) is -0.826. The number of halogens is 1. The van der Waals surface area contributed by atoms with Gasteiger partial charge < -0.3 is 15.8 Å². The Morgan fingerprint density at radius 1 is 1.18 bits per heavy atom.